The van der Waals surface area contributed by atoms with Gasteiger partial charge >= 0.3 is 0 Å². The fourth-order valence-corrected chi connectivity index (χ4v) is 2.20. The molecule has 1 aromatic heterocycles. The Balaban J connectivity index is 0.00000200. The molecule has 0 amide bonds. The normalized spacial score (nSPS) is 16.2. The van der Waals surface area contributed by atoms with E-state index < -0.39 is 0 Å². The second-order valence-electron chi connectivity index (χ2n) is 4.78. The van der Waals surface area contributed by atoms with Gasteiger partial charge in [-0.2, -0.15) is 0 Å². The maximum Gasteiger partial charge on any atom is 0.212 e. The van der Waals surface area contributed by atoms with Crippen molar-refractivity contribution in [3.8, 4) is 5.88 Å². The lowest BCUT2D eigenvalue weighted by Gasteiger charge is -2.21. The Morgan fingerprint density at radius 2 is 2.00 bits per heavy atom. The van der Waals surface area contributed by atoms with Crippen molar-refractivity contribution in [2.24, 2.45) is 10.7 Å². The lowest BCUT2D eigenvalue weighted by atomic mass is 10.2. The molecule has 1 aliphatic heterocycles. The molecule has 0 atom stereocenters. The van der Waals surface area contributed by atoms with E-state index in [1.54, 1.807) is 13.3 Å². The summed E-state index contributed by atoms with van der Waals surface area (Å²) in [5.41, 5.74) is 7.09. The molecular weight excluding hydrogens is 367 g/mol. The molecule has 0 radical (unpaired) electrons. The van der Waals surface area contributed by atoms with Crippen LogP contribution in [0.15, 0.2) is 23.3 Å². The summed E-state index contributed by atoms with van der Waals surface area (Å²) in [5.74, 6) is 1.27. The topological polar surface area (TPSA) is 63.7 Å². The molecule has 2 heterocycles. The zero-order valence-corrected chi connectivity index (χ0v) is 14.2. The van der Waals surface area contributed by atoms with Gasteiger partial charge in [0.15, 0.2) is 5.96 Å². The minimum Gasteiger partial charge on any atom is -0.481 e. The summed E-state index contributed by atoms with van der Waals surface area (Å²) in [6.45, 7) is 2.62. The summed E-state index contributed by atoms with van der Waals surface area (Å²) in [4.78, 5) is 10.8. The molecule has 0 aromatic carbocycles. The third-order valence-corrected chi connectivity index (χ3v) is 3.36. The Kier molecular flexibility index (Phi) is 7.64. The van der Waals surface area contributed by atoms with E-state index >= 15 is 0 Å². The van der Waals surface area contributed by atoms with Crippen molar-refractivity contribution in [1.82, 2.24) is 9.88 Å². The Bertz CT molecular complexity index is 414. The van der Waals surface area contributed by atoms with Crippen LogP contribution in [0.5, 0.6) is 5.88 Å². The van der Waals surface area contributed by atoms with Gasteiger partial charge in [0.25, 0.3) is 0 Å². The van der Waals surface area contributed by atoms with E-state index in [1.807, 2.05) is 12.1 Å². The maximum absolute atomic E-state index is 6.05. The first-order valence-corrected chi connectivity index (χ1v) is 6.83. The Morgan fingerprint density at radius 3 is 2.55 bits per heavy atom. The number of methoxy groups -OCH3 is 1. The Labute approximate surface area is 137 Å². The molecule has 0 unspecified atom stereocenters. The summed E-state index contributed by atoms with van der Waals surface area (Å²) in [6.07, 6.45) is 6.79. The molecule has 1 saturated heterocycles. The molecule has 5 nitrogen and oxygen atoms in total. The van der Waals surface area contributed by atoms with Crippen LogP contribution in [0.1, 0.15) is 31.2 Å². The predicted octanol–water partition coefficient (Wildman–Crippen LogP) is 2.40. The lowest BCUT2D eigenvalue weighted by molar-refractivity contribution is 0.397. The molecule has 20 heavy (non-hydrogen) atoms. The second kappa shape index (κ2) is 8.99. The van der Waals surface area contributed by atoms with Crippen LogP contribution in [0, 0.1) is 0 Å². The minimum absolute atomic E-state index is 0. The van der Waals surface area contributed by atoms with E-state index in [-0.39, 0.29) is 24.0 Å². The number of halogens is 1. The van der Waals surface area contributed by atoms with Gasteiger partial charge in [0.2, 0.25) is 5.88 Å². The van der Waals surface area contributed by atoms with Crippen LogP contribution in [-0.4, -0.2) is 36.0 Å². The number of ether oxygens (including phenoxy) is 1. The van der Waals surface area contributed by atoms with Gasteiger partial charge in [-0.3, -0.25) is 0 Å². The second-order valence-corrected chi connectivity index (χ2v) is 4.78. The van der Waals surface area contributed by atoms with Gasteiger partial charge in [-0.25, -0.2) is 9.98 Å². The van der Waals surface area contributed by atoms with Crippen LogP contribution in [0.4, 0.5) is 0 Å². The van der Waals surface area contributed by atoms with Crippen molar-refractivity contribution in [3.63, 3.8) is 0 Å². The van der Waals surface area contributed by atoms with Crippen LogP contribution < -0.4 is 10.5 Å². The number of guanidine groups is 1. The fourth-order valence-electron chi connectivity index (χ4n) is 2.20. The number of rotatable bonds is 3. The van der Waals surface area contributed by atoms with Gasteiger partial charge in [0.1, 0.15) is 0 Å². The first-order valence-electron chi connectivity index (χ1n) is 6.83. The number of nitrogens with zero attached hydrogens (tertiary/aromatic N) is 3. The first kappa shape index (κ1) is 17.0. The fraction of sp³-hybridized carbons (Fsp3) is 0.571. The number of aliphatic imine (C=N–C) groups is 1. The highest BCUT2D eigenvalue weighted by molar-refractivity contribution is 14.0. The first-order chi connectivity index (χ1) is 9.29. The smallest absolute Gasteiger partial charge is 0.212 e. The standard InChI is InChI=1S/C14H22N4O.HI/c1-19-13-7-6-12(10-16-13)11-17-14(15)18-8-4-2-3-5-9-18;/h6-7,10H,2-5,8-9,11H2,1H3,(H2,15,17);1H. The van der Waals surface area contributed by atoms with Crippen molar-refractivity contribution in [1.29, 1.82) is 0 Å². The molecular formula is C14H23IN4O. The average molecular weight is 390 g/mol. The molecule has 0 bridgehead atoms. The quantitative estimate of drug-likeness (QED) is 0.489. The van der Waals surface area contributed by atoms with Crippen LogP contribution in [-0.2, 0) is 6.54 Å². The lowest BCUT2D eigenvalue weighted by Crippen LogP contribution is -2.38. The van der Waals surface area contributed by atoms with Gasteiger partial charge in [-0.1, -0.05) is 18.9 Å². The summed E-state index contributed by atoms with van der Waals surface area (Å²) < 4.78 is 5.02. The number of aromatic nitrogens is 1. The number of nitrogens with two attached hydrogens (primary N) is 1. The van der Waals surface area contributed by atoms with Crippen molar-refractivity contribution in [3.05, 3.63) is 23.9 Å². The van der Waals surface area contributed by atoms with Gasteiger partial charge in [0, 0.05) is 25.4 Å². The van der Waals surface area contributed by atoms with Crippen molar-refractivity contribution in [2.75, 3.05) is 20.2 Å². The molecule has 1 aromatic rings. The molecule has 0 aliphatic carbocycles. The van der Waals surface area contributed by atoms with Crippen LogP contribution >= 0.6 is 24.0 Å². The summed E-state index contributed by atoms with van der Waals surface area (Å²) in [5, 5.41) is 0. The van der Waals surface area contributed by atoms with E-state index in [4.69, 9.17) is 10.5 Å². The van der Waals surface area contributed by atoms with Crippen molar-refractivity contribution in [2.45, 2.75) is 32.2 Å². The van der Waals surface area contributed by atoms with Crippen LogP contribution in [0.25, 0.3) is 0 Å². The summed E-state index contributed by atoms with van der Waals surface area (Å²) in [6, 6.07) is 3.80. The van der Waals surface area contributed by atoms with E-state index in [2.05, 4.69) is 14.9 Å². The van der Waals surface area contributed by atoms with Crippen LogP contribution in [0.2, 0.25) is 0 Å². The summed E-state index contributed by atoms with van der Waals surface area (Å²) in [7, 11) is 1.61. The van der Waals surface area contributed by atoms with Gasteiger partial charge in [0.05, 0.1) is 13.7 Å². The molecule has 0 saturated carbocycles. The SMILES string of the molecule is COc1ccc(CN=C(N)N2CCCCCC2)cn1.I. The van der Waals surface area contributed by atoms with Gasteiger partial charge in [-0.15, -0.1) is 24.0 Å². The highest BCUT2D eigenvalue weighted by Crippen LogP contribution is 2.10. The molecule has 2 N–H and O–H groups in total. The van der Waals surface area contributed by atoms with E-state index in [0.717, 1.165) is 18.7 Å². The third-order valence-electron chi connectivity index (χ3n) is 3.36. The Hall–Kier alpha value is -1.05. The van der Waals surface area contributed by atoms with E-state index in [0.29, 0.717) is 18.4 Å². The van der Waals surface area contributed by atoms with Gasteiger partial charge < -0.3 is 15.4 Å². The zero-order valence-electron chi connectivity index (χ0n) is 11.9. The Morgan fingerprint density at radius 1 is 1.30 bits per heavy atom. The monoisotopic (exact) mass is 390 g/mol. The molecule has 1 aliphatic rings. The molecule has 1 fully saturated rings. The molecule has 6 heteroatoms. The highest BCUT2D eigenvalue weighted by Gasteiger charge is 2.10. The molecule has 2 rings (SSSR count). The largest absolute Gasteiger partial charge is 0.481 e. The average Bonchev–Trinajstić information content (AvgIpc) is 2.74. The zero-order chi connectivity index (χ0) is 13.5. The van der Waals surface area contributed by atoms with E-state index in [1.165, 1.54) is 25.7 Å². The minimum atomic E-state index is 0. The van der Waals surface area contributed by atoms with Crippen LogP contribution in [0.3, 0.4) is 0 Å². The molecule has 0 spiro atoms. The van der Waals surface area contributed by atoms with Gasteiger partial charge in [-0.05, 0) is 18.4 Å². The van der Waals surface area contributed by atoms with Crippen molar-refractivity contribution < 1.29 is 4.74 Å². The third kappa shape index (κ3) is 5.15. The number of hydrogen-bond donors (Lipinski definition) is 1. The van der Waals surface area contributed by atoms with Crippen molar-refractivity contribution >= 4 is 29.9 Å². The number of pyridine rings is 1. The van der Waals surface area contributed by atoms with E-state index in [9.17, 15) is 0 Å². The summed E-state index contributed by atoms with van der Waals surface area (Å²) >= 11 is 0. The number of likely N-dealkylation sites (tertiary alicyclic amines) is 1. The predicted molar refractivity (Wildman–Crippen MR) is 91.6 cm³/mol. The molecule has 112 valence electrons. The number of hydrogen-bond acceptors (Lipinski definition) is 3. The highest BCUT2D eigenvalue weighted by atomic mass is 127. The maximum atomic E-state index is 6.05.